The third kappa shape index (κ3) is 0.789. The van der Waals surface area contributed by atoms with Gasteiger partial charge in [-0.05, 0) is 6.07 Å². The maximum Gasteiger partial charge on any atom is 0.195 e. The lowest BCUT2D eigenvalue weighted by molar-refractivity contribution is 0.138. The van der Waals surface area contributed by atoms with Crippen LogP contribution in [-0.2, 0) is 0 Å². The van der Waals surface area contributed by atoms with Crippen molar-refractivity contribution in [2.75, 3.05) is 18.0 Å². The number of β-amino-alcohol motifs (C(OH)–C–C–N with tert-alkyl or cyclic N) is 1. The zero-order chi connectivity index (χ0) is 6.97. The lowest BCUT2D eigenvalue weighted by Crippen LogP contribution is -2.50. The van der Waals surface area contributed by atoms with Crippen molar-refractivity contribution >= 4 is 5.88 Å². The van der Waals surface area contributed by atoms with Gasteiger partial charge in [-0.3, -0.25) is 0 Å². The van der Waals surface area contributed by atoms with Crippen LogP contribution in [0.15, 0.2) is 22.8 Å². The van der Waals surface area contributed by atoms with Gasteiger partial charge in [0, 0.05) is 19.2 Å². The smallest absolute Gasteiger partial charge is 0.195 e. The Kier molecular flexibility index (Phi) is 1.17. The average molecular weight is 139 g/mol. The molecule has 0 saturated carbocycles. The first-order valence-corrected chi connectivity index (χ1v) is 3.33. The SMILES string of the molecule is OC1CN(c2ccco2)C1. The molecule has 0 radical (unpaired) electrons. The highest BCUT2D eigenvalue weighted by Crippen LogP contribution is 2.20. The Bertz CT molecular complexity index is 201. The van der Waals surface area contributed by atoms with Crippen molar-refractivity contribution < 1.29 is 9.52 Å². The normalized spacial score (nSPS) is 19.1. The van der Waals surface area contributed by atoms with E-state index in [4.69, 9.17) is 9.52 Å². The lowest BCUT2D eigenvalue weighted by atomic mass is 10.2. The van der Waals surface area contributed by atoms with Crippen LogP contribution in [0.3, 0.4) is 0 Å². The van der Waals surface area contributed by atoms with Gasteiger partial charge in [0.15, 0.2) is 5.88 Å². The van der Waals surface area contributed by atoms with E-state index in [1.165, 1.54) is 0 Å². The van der Waals surface area contributed by atoms with Gasteiger partial charge < -0.3 is 14.4 Å². The Morgan fingerprint density at radius 2 is 2.40 bits per heavy atom. The van der Waals surface area contributed by atoms with Gasteiger partial charge in [0.25, 0.3) is 0 Å². The van der Waals surface area contributed by atoms with Crippen LogP contribution in [0.5, 0.6) is 0 Å². The van der Waals surface area contributed by atoms with E-state index in [-0.39, 0.29) is 6.10 Å². The first-order valence-electron chi connectivity index (χ1n) is 3.33. The second-order valence-electron chi connectivity index (χ2n) is 2.51. The molecule has 1 aromatic heterocycles. The van der Waals surface area contributed by atoms with Gasteiger partial charge in [-0.15, -0.1) is 0 Å². The predicted molar refractivity (Wildman–Crippen MR) is 36.9 cm³/mol. The minimum absolute atomic E-state index is 0.162. The predicted octanol–water partition coefficient (Wildman–Crippen LogP) is 0.461. The molecule has 10 heavy (non-hydrogen) atoms. The van der Waals surface area contributed by atoms with E-state index in [9.17, 15) is 0 Å². The standard InChI is InChI=1S/C7H9NO2/c9-6-4-8(5-6)7-2-1-3-10-7/h1-3,6,9H,4-5H2. The van der Waals surface area contributed by atoms with Gasteiger partial charge in [-0.2, -0.15) is 0 Å². The third-order valence-corrected chi connectivity index (χ3v) is 1.68. The van der Waals surface area contributed by atoms with Crippen molar-refractivity contribution in [1.29, 1.82) is 0 Å². The number of hydrogen-bond donors (Lipinski definition) is 1. The summed E-state index contributed by atoms with van der Waals surface area (Å²) >= 11 is 0. The molecule has 0 atom stereocenters. The Morgan fingerprint density at radius 1 is 1.60 bits per heavy atom. The summed E-state index contributed by atoms with van der Waals surface area (Å²) in [5.41, 5.74) is 0. The number of aliphatic hydroxyl groups excluding tert-OH is 1. The van der Waals surface area contributed by atoms with Gasteiger partial charge >= 0.3 is 0 Å². The zero-order valence-electron chi connectivity index (χ0n) is 5.53. The summed E-state index contributed by atoms with van der Waals surface area (Å²) in [6, 6.07) is 3.74. The maximum atomic E-state index is 8.93. The van der Waals surface area contributed by atoms with E-state index in [0.717, 1.165) is 5.88 Å². The van der Waals surface area contributed by atoms with E-state index in [1.807, 2.05) is 17.0 Å². The molecule has 2 rings (SSSR count). The molecule has 0 unspecified atom stereocenters. The molecule has 1 aliphatic heterocycles. The van der Waals surface area contributed by atoms with Crippen molar-refractivity contribution in [3.63, 3.8) is 0 Å². The monoisotopic (exact) mass is 139 g/mol. The van der Waals surface area contributed by atoms with Crippen LogP contribution < -0.4 is 4.90 Å². The van der Waals surface area contributed by atoms with Crippen LogP contribution >= 0.6 is 0 Å². The van der Waals surface area contributed by atoms with Crippen molar-refractivity contribution in [3.8, 4) is 0 Å². The summed E-state index contributed by atoms with van der Waals surface area (Å²) < 4.78 is 5.10. The number of nitrogens with zero attached hydrogens (tertiary/aromatic N) is 1. The third-order valence-electron chi connectivity index (χ3n) is 1.68. The number of furan rings is 1. The largest absolute Gasteiger partial charge is 0.449 e. The van der Waals surface area contributed by atoms with Crippen LogP contribution in [0.25, 0.3) is 0 Å². The molecule has 1 aromatic rings. The Morgan fingerprint density at radius 3 is 2.90 bits per heavy atom. The molecule has 1 saturated heterocycles. The van der Waals surface area contributed by atoms with Crippen LogP contribution in [-0.4, -0.2) is 24.3 Å². The van der Waals surface area contributed by atoms with Gasteiger partial charge in [0.2, 0.25) is 0 Å². The minimum Gasteiger partial charge on any atom is -0.449 e. The van der Waals surface area contributed by atoms with E-state index >= 15 is 0 Å². The van der Waals surface area contributed by atoms with Gasteiger partial charge in [-0.1, -0.05) is 0 Å². The summed E-state index contributed by atoms with van der Waals surface area (Å²) in [5.74, 6) is 0.852. The molecule has 0 bridgehead atoms. The molecule has 1 aliphatic rings. The Labute approximate surface area is 58.9 Å². The van der Waals surface area contributed by atoms with E-state index in [1.54, 1.807) is 6.26 Å². The molecule has 1 fully saturated rings. The van der Waals surface area contributed by atoms with Crippen LogP contribution in [0.4, 0.5) is 5.88 Å². The summed E-state index contributed by atoms with van der Waals surface area (Å²) in [6.45, 7) is 1.40. The van der Waals surface area contributed by atoms with Crippen LogP contribution in [0.1, 0.15) is 0 Å². The molecular weight excluding hydrogens is 130 g/mol. The number of hydrogen-bond acceptors (Lipinski definition) is 3. The fraction of sp³-hybridized carbons (Fsp3) is 0.429. The molecule has 2 heterocycles. The van der Waals surface area contributed by atoms with E-state index < -0.39 is 0 Å². The Hall–Kier alpha value is -0.960. The van der Waals surface area contributed by atoms with E-state index in [2.05, 4.69) is 0 Å². The van der Waals surface area contributed by atoms with Crippen molar-refractivity contribution in [1.82, 2.24) is 0 Å². The number of anilines is 1. The lowest BCUT2D eigenvalue weighted by Gasteiger charge is -2.35. The zero-order valence-corrected chi connectivity index (χ0v) is 5.53. The highest BCUT2D eigenvalue weighted by Gasteiger charge is 2.25. The second-order valence-corrected chi connectivity index (χ2v) is 2.51. The maximum absolute atomic E-state index is 8.93. The summed E-state index contributed by atoms with van der Waals surface area (Å²) in [5, 5.41) is 8.93. The second kappa shape index (κ2) is 2.02. The fourth-order valence-corrected chi connectivity index (χ4v) is 1.09. The van der Waals surface area contributed by atoms with E-state index in [0.29, 0.717) is 13.1 Å². The molecule has 0 aromatic carbocycles. The molecule has 0 spiro atoms. The molecule has 1 N–H and O–H groups in total. The van der Waals surface area contributed by atoms with Gasteiger partial charge in [0.1, 0.15) is 0 Å². The summed E-state index contributed by atoms with van der Waals surface area (Å²) in [6.07, 6.45) is 1.48. The first-order chi connectivity index (χ1) is 4.86. The molecule has 54 valence electrons. The highest BCUT2D eigenvalue weighted by atomic mass is 16.3. The molecule has 3 heteroatoms. The van der Waals surface area contributed by atoms with Crippen molar-refractivity contribution in [2.45, 2.75) is 6.10 Å². The minimum atomic E-state index is -0.162. The topological polar surface area (TPSA) is 36.6 Å². The molecular formula is C7H9NO2. The fourth-order valence-electron chi connectivity index (χ4n) is 1.09. The summed E-state index contributed by atoms with van der Waals surface area (Å²) in [7, 11) is 0. The quantitative estimate of drug-likeness (QED) is 0.614. The first kappa shape index (κ1) is 5.80. The van der Waals surface area contributed by atoms with Crippen LogP contribution in [0.2, 0.25) is 0 Å². The van der Waals surface area contributed by atoms with Crippen molar-refractivity contribution in [3.05, 3.63) is 18.4 Å². The number of rotatable bonds is 1. The summed E-state index contributed by atoms with van der Waals surface area (Å²) in [4.78, 5) is 1.99. The molecule has 0 amide bonds. The molecule has 3 nitrogen and oxygen atoms in total. The average Bonchev–Trinajstić information content (AvgIpc) is 2.31. The highest BCUT2D eigenvalue weighted by molar-refractivity contribution is 5.38. The number of aliphatic hydroxyl groups is 1. The van der Waals surface area contributed by atoms with Crippen molar-refractivity contribution in [2.24, 2.45) is 0 Å². The molecule has 0 aliphatic carbocycles. The van der Waals surface area contributed by atoms with Gasteiger partial charge in [-0.25, -0.2) is 0 Å². The Balaban J connectivity index is 2.04. The van der Waals surface area contributed by atoms with Crippen LogP contribution in [0, 0.1) is 0 Å². The van der Waals surface area contributed by atoms with Gasteiger partial charge in [0.05, 0.1) is 12.4 Å².